The lowest BCUT2D eigenvalue weighted by atomic mass is 10.3. The molecule has 0 unspecified atom stereocenters. The smallest absolute Gasteiger partial charge is 0.162 e. The summed E-state index contributed by atoms with van der Waals surface area (Å²) in [6, 6.07) is 0. The van der Waals surface area contributed by atoms with E-state index in [2.05, 4.69) is 16.1 Å². The molecule has 1 aromatic heterocycles. The summed E-state index contributed by atoms with van der Waals surface area (Å²) in [7, 11) is 4.07. The van der Waals surface area contributed by atoms with Crippen molar-refractivity contribution in [2.24, 2.45) is 0 Å². The summed E-state index contributed by atoms with van der Waals surface area (Å²) in [6.07, 6.45) is 8.53. The number of pyridine rings is 1. The highest BCUT2D eigenvalue weighted by atomic mass is 32.2. The van der Waals surface area contributed by atoms with Crippen LogP contribution in [0, 0.1) is 0 Å². The summed E-state index contributed by atoms with van der Waals surface area (Å²) in [5, 5.41) is 0. The lowest BCUT2D eigenvalue weighted by molar-refractivity contribution is 0.302. The summed E-state index contributed by atoms with van der Waals surface area (Å²) in [5.74, 6) is 0.911. The first kappa shape index (κ1) is 10.6. The highest BCUT2D eigenvalue weighted by Crippen LogP contribution is 2.38. The number of hydrogen-bond acceptors (Lipinski definition) is 4. The quantitative estimate of drug-likeness (QED) is 0.733. The van der Waals surface area contributed by atoms with Crippen molar-refractivity contribution in [3.05, 3.63) is 12.4 Å². The van der Waals surface area contributed by atoms with Crippen LogP contribution in [0.15, 0.2) is 17.3 Å². The van der Waals surface area contributed by atoms with Crippen LogP contribution in [0.1, 0.15) is 12.8 Å². The van der Waals surface area contributed by atoms with E-state index in [0.29, 0.717) is 6.10 Å². The van der Waals surface area contributed by atoms with E-state index in [1.807, 2.05) is 26.5 Å². The van der Waals surface area contributed by atoms with Crippen LogP contribution < -0.4 is 9.64 Å². The van der Waals surface area contributed by atoms with Gasteiger partial charge in [-0.15, -0.1) is 11.8 Å². The van der Waals surface area contributed by atoms with E-state index < -0.39 is 0 Å². The van der Waals surface area contributed by atoms with Crippen molar-refractivity contribution in [3.8, 4) is 5.75 Å². The van der Waals surface area contributed by atoms with Crippen LogP contribution in [-0.2, 0) is 0 Å². The van der Waals surface area contributed by atoms with Gasteiger partial charge in [-0.2, -0.15) is 0 Å². The summed E-state index contributed by atoms with van der Waals surface area (Å²) < 4.78 is 5.84. The van der Waals surface area contributed by atoms with Gasteiger partial charge in [0.2, 0.25) is 0 Å². The van der Waals surface area contributed by atoms with Crippen molar-refractivity contribution in [1.82, 2.24) is 4.98 Å². The molecule has 15 heavy (non-hydrogen) atoms. The number of thioether (sulfide) groups is 1. The Hall–Kier alpha value is -0.900. The van der Waals surface area contributed by atoms with E-state index in [9.17, 15) is 0 Å². The zero-order valence-electron chi connectivity index (χ0n) is 9.36. The topological polar surface area (TPSA) is 25.4 Å². The molecule has 0 saturated heterocycles. The second kappa shape index (κ2) is 4.31. The average Bonchev–Trinajstić information content (AvgIpc) is 3.01. The van der Waals surface area contributed by atoms with Gasteiger partial charge in [-0.05, 0) is 19.1 Å². The Balaban J connectivity index is 2.32. The summed E-state index contributed by atoms with van der Waals surface area (Å²) in [5.41, 5.74) is 1.14. The van der Waals surface area contributed by atoms with Gasteiger partial charge in [0.05, 0.1) is 22.9 Å². The van der Waals surface area contributed by atoms with E-state index in [0.717, 1.165) is 16.3 Å². The summed E-state index contributed by atoms with van der Waals surface area (Å²) in [6.45, 7) is 0. The molecule has 1 aliphatic carbocycles. The molecule has 3 nitrogen and oxygen atoms in total. The largest absolute Gasteiger partial charge is 0.487 e. The number of rotatable bonds is 4. The molecular formula is C11H16N2OS. The number of ether oxygens (including phenoxy) is 1. The number of aromatic nitrogens is 1. The average molecular weight is 224 g/mol. The van der Waals surface area contributed by atoms with Crippen LogP contribution in [0.5, 0.6) is 5.75 Å². The fourth-order valence-electron chi connectivity index (χ4n) is 1.46. The molecule has 0 radical (unpaired) electrons. The molecular weight excluding hydrogens is 208 g/mol. The number of hydrogen-bond donors (Lipinski definition) is 0. The highest BCUT2D eigenvalue weighted by Gasteiger charge is 2.25. The predicted octanol–water partition coefficient (Wildman–Crippen LogP) is 2.41. The molecule has 0 aromatic carbocycles. The Bertz CT molecular complexity index is 350. The van der Waals surface area contributed by atoms with Gasteiger partial charge >= 0.3 is 0 Å². The van der Waals surface area contributed by atoms with Gasteiger partial charge < -0.3 is 9.64 Å². The summed E-state index contributed by atoms with van der Waals surface area (Å²) in [4.78, 5) is 7.46. The van der Waals surface area contributed by atoms with Crippen molar-refractivity contribution in [3.63, 3.8) is 0 Å². The maximum atomic E-state index is 5.84. The number of anilines is 1. The van der Waals surface area contributed by atoms with Crippen LogP contribution in [0.2, 0.25) is 0 Å². The molecule has 1 saturated carbocycles. The zero-order valence-corrected chi connectivity index (χ0v) is 10.2. The van der Waals surface area contributed by atoms with Gasteiger partial charge in [0.25, 0.3) is 0 Å². The van der Waals surface area contributed by atoms with Crippen LogP contribution in [0.4, 0.5) is 5.69 Å². The molecule has 0 bridgehead atoms. The maximum absolute atomic E-state index is 5.84. The van der Waals surface area contributed by atoms with E-state index in [1.54, 1.807) is 11.8 Å². The van der Waals surface area contributed by atoms with Crippen molar-refractivity contribution < 1.29 is 4.74 Å². The zero-order chi connectivity index (χ0) is 10.8. The second-order valence-electron chi connectivity index (χ2n) is 3.90. The minimum atomic E-state index is 0.419. The molecule has 0 atom stereocenters. The van der Waals surface area contributed by atoms with Gasteiger partial charge in [0.1, 0.15) is 0 Å². The minimum Gasteiger partial charge on any atom is -0.487 e. The number of nitrogens with zero attached hydrogens (tertiary/aromatic N) is 2. The van der Waals surface area contributed by atoms with Gasteiger partial charge in [-0.1, -0.05) is 0 Å². The molecule has 2 rings (SSSR count). The first-order chi connectivity index (χ1) is 7.22. The standard InChI is InChI=1S/C11H16N2OS/c1-13(2)11-9(14-8-4-5-8)6-12-7-10(11)15-3/h6-8H,4-5H2,1-3H3. The van der Waals surface area contributed by atoms with Crippen molar-refractivity contribution in [1.29, 1.82) is 0 Å². The minimum absolute atomic E-state index is 0.419. The van der Waals surface area contributed by atoms with E-state index in [-0.39, 0.29) is 0 Å². The Kier molecular flexibility index (Phi) is 3.05. The van der Waals surface area contributed by atoms with Crippen molar-refractivity contribution >= 4 is 17.4 Å². The Labute approximate surface area is 94.8 Å². The molecule has 1 aliphatic rings. The molecule has 82 valence electrons. The Morgan fingerprint density at radius 1 is 1.40 bits per heavy atom. The molecule has 4 heteroatoms. The normalized spacial score (nSPS) is 15.1. The van der Waals surface area contributed by atoms with Crippen molar-refractivity contribution in [2.75, 3.05) is 25.3 Å². The molecule has 0 spiro atoms. The molecule has 0 amide bonds. The fraction of sp³-hybridized carbons (Fsp3) is 0.545. The molecule has 1 fully saturated rings. The van der Waals surface area contributed by atoms with Gasteiger partial charge in [0.15, 0.2) is 5.75 Å². The molecule has 1 heterocycles. The second-order valence-corrected chi connectivity index (χ2v) is 4.75. The molecule has 0 aliphatic heterocycles. The predicted molar refractivity (Wildman–Crippen MR) is 64.0 cm³/mol. The first-order valence-corrected chi connectivity index (χ1v) is 6.31. The van der Waals surface area contributed by atoms with Crippen LogP contribution in [-0.4, -0.2) is 31.4 Å². The third-order valence-electron chi connectivity index (χ3n) is 2.34. The van der Waals surface area contributed by atoms with Gasteiger partial charge in [0, 0.05) is 20.3 Å². The van der Waals surface area contributed by atoms with Gasteiger partial charge in [-0.25, -0.2) is 0 Å². The first-order valence-electron chi connectivity index (χ1n) is 5.08. The Morgan fingerprint density at radius 3 is 2.67 bits per heavy atom. The highest BCUT2D eigenvalue weighted by molar-refractivity contribution is 7.98. The lowest BCUT2D eigenvalue weighted by Gasteiger charge is -2.20. The lowest BCUT2D eigenvalue weighted by Crippen LogP contribution is -2.13. The molecule has 1 aromatic rings. The van der Waals surface area contributed by atoms with E-state index in [4.69, 9.17) is 4.74 Å². The van der Waals surface area contributed by atoms with Crippen LogP contribution >= 0.6 is 11.8 Å². The van der Waals surface area contributed by atoms with E-state index in [1.165, 1.54) is 12.8 Å². The SMILES string of the molecule is CSc1cncc(OC2CC2)c1N(C)C. The third kappa shape index (κ3) is 2.37. The summed E-state index contributed by atoms with van der Waals surface area (Å²) >= 11 is 1.70. The maximum Gasteiger partial charge on any atom is 0.162 e. The third-order valence-corrected chi connectivity index (χ3v) is 3.07. The van der Waals surface area contributed by atoms with Crippen molar-refractivity contribution in [2.45, 2.75) is 23.8 Å². The monoisotopic (exact) mass is 224 g/mol. The fourth-order valence-corrected chi connectivity index (χ4v) is 2.10. The van der Waals surface area contributed by atoms with Crippen LogP contribution in [0.25, 0.3) is 0 Å². The van der Waals surface area contributed by atoms with Crippen LogP contribution in [0.3, 0.4) is 0 Å². The van der Waals surface area contributed by atoms with Gasteiger partial charge in [-0.3, -0.25) is 4.98 Å². The molecule has 0 N–H and O–H groups in total. The van der Waals surface area contributed by atoms with E-state index >= 15 is 0 Å². The Morgan fingerprint density at radius 2 is 2.13 bits per heavy atom.